The minimum atomic E-state index is 0.617. The highest BCUT2D eigenvalue weighted by Crippen LogP contribution is 2.27. The van der Waals surface area contributed by atoms with Crippen LogP contribution >= 0.6 is 15.9 Å². The Bertz CT molecular complexity index is 314. The summed E-state index contributed by atoms with van der Waals surface area (Å²) in [4.78, 5) is 4.37. The predicted molar refractivity (Wildman–Crippen MR) is 62.4 cm³/mol. The average Bonchev–Trinajstić information content (AvgIpc) is 2.51. The molecule has 0 spiro atoms. The zero-order chi connectivity index (χ0) is 9.97. The smallest absolute Gasteiger partial charge is 0.127 e. The molecule has 0 amide bonds. The van der Waals surface area contributed by atoms with E-state index >= 15 is 0 Å². The van der Waals surface area contributed by atoms with Crippen molar-refractivity contribution in [1.29, 1.82) is 0 Å². The fraction of sp³-hybridized carbons (Fsp3) is 0.545. The van der Waals surface area contributed by atoms with Gasteiger partial charge in [-0.2, -0.15) is 0 Å². The molecule has 1 saturated carbocycles. The minimum Gasteiger partial charge on any atom is -0.367 e. The van der Waals surface area contributed by atoms with E-state index in [0.29, 0.717) is 6.04 Å². The molecule has 1 fully saturated rings. The molecule has 14 heavy (non-hydrogen) atoms. The fourth-order valence-electron chi connectivity index (χ4n) is 2.04. The number of pyridine rings is 1. The summed E-state index contributed by atoms with van der Waals surface area (Å²) in [5, 5.41) is 3.47. The second kappa shape index (κ2) is 4.30. The van der Waals surface area contributed by atoms with Crippen LogP contribution in [0.5, 0.6) is 0 Å². The normalized spacial score (nSPS) is 26.4. The highest BCUT2D eigenvalue weighted by Gasteiger charge is 2.20. The van der Waals surface area contributed by atoms with Gasteiger partial charge in [-0.1, -0.05) is 13.0 Å². The Balaban J connectivity index is 1.97. The van der Waals surface area contributed by atoms with Gasteiger partial charge in [-0.25, -0.2) is 4.98 Å². The number of hydrogen-bond donors (Lipinski definition) is 1. The van der Waals surface area contributed by atoms with Crippen LogP contribution in [0.15, 0.2) is 22.8 Å². The molecule has 1 N–H and O–H groups in total. The van der Waals surface area contributed by atoms with Gasteiger partial charge in [-0.3, -0.25) is 0 Å². The maximum absolute atomic E-state index is 4.37. The summed E-state index contributed by atoms with van der Waals surface area (Å²) in [6, 6.07) is 6.60. The third kappa shape index (κ3) is 2.47. The molecular formula is C11H15BrN2. The lowest BCUT2D eigenvalue weighted by atomic mass is 10.1. The molecule has 1 aliphatic carbocycles. The first-order chi connectivity index (χ1) is 6.74. The van der Waals surface area contributed by atoms with Crippen molar-refractivity contribution in [1.82, 2.24) is 4.98 Å². The number of hydrogen-bond acceptors (Lipinski definition) is 2. The molecule has 1 heterocycles. The van der Waals surface area contributed by atoms with Gasteiger partial charge in [0.15, 0.2) is 0 Å². The molecule has 2 unspecified atom stereocenters. The molecule has 0 bridgehead atoms. The van der Waals surface area contributed by atoms with E-state index in [1.807, 2.05) is 18.2 Å². The molecule has 0 aliphatic heterocycles. The summed E-state index contributed by atoms with van der Waals surface area (Å²) in [6.45, 7) is 2.32. The van der Waals surface area contributed by atoms with E-state index in [4.69, 9.17) is 0 Å². The Kier molecular flexibility index (Phi) is 3.06. The molecule has 76 valence electrons. The summed E-state index contributed by atoms with van der Waals surface area (Å²) in [5.74, 6) is 1.85. The molecule has 2 atom stereocenters. The van der Waals surface area contributed by atoms with Gasteiger partial charge in [-0.15, -0.1) is 0 Å². The highest BCUT2D eigenvalue weighted by molar-refractivity contribution is 9.10. The number of anilines is 1. The lowest BCUT2D eigenvalue weighted by Gasteiger charge is -2.12. The van der Waals surface area contributed by atoms with Gasteiger partial charge in [0.25, 0.3) is 0 Å². The SMILES string of the molecule is CC1CCC(Nc2cccc(Br)n2)C1. The third-order valence-electron chi connectivity index (χ3n) is 2.76. The van der Waals surface area contributed by atoms with Crippen molar-refractivity contribution in [2.45, 2.75) is 32.2 Å². The monoisotopic (exact) mass is 254 g/mol. The quantitative estimate of drug-likeness (QED) is 0.819. The van der Waals surface area contributed by atoms with Crippen molar-refractivity contribution < 1.29 is 0 Å². The van der Waals surface area contributed by atoms with E-state index < -0.39 is 0 Å². The van der Waals surface area contributed by atoms with Gasteiger partial charge >= 0.3 is 0 Å². The molecule has 3 heteroatoms. The number of rotatable bonds is 2. The van der Waals surface area contributed by atoms with E-state index in [-0.39, 0.29) is 0 Å². The highest BCUT2D eigenvalue weighted by atomic mass is 79.9. The van der Waals surface area contributed by atoms with Gasteiger partial charge in [0.1, 0.15) is 10.4 Å². The van der Waals surface area contributed by atoms with Crippen molar-refractivity contribution in [3.63, 3.8) is 0 Å². The number of nitrogens with one attached hydrogen (secondary N) is 1. The average molecular weight is 255 g/mol. The van der Waals surface area contributed by atoms with Crippen LogP contribution in [0.25, 0.3) is 0 Å². The zero-order valence-corrected chi connectivity index (χ0v) is 9.92. The van der Waals surface area contributed by atoms with Gasteiger partial charge in [0.05, 0.1) is 0 Å². The Morgan fingerprint density at radius 2 is 2.29 bits per heavy atom. The maximum atomic E-state index is 4.37. The second-order valence-corrected chi connectivity index (χ2v) is 4.92. The predicted octanol–water partition coefficient (Wildman–Crippen LogP) is 3.44. The Hall–Kier alpha value is -0.570. The van der Waals surface area contributed by atoms with Crippen LogP contribution in [-0.2, 0) is 0 Å². The van der Waals surface area contributed by atoms with E-state index in [1.54, 1.807) is 0 Å². The van der Waals surface area contributed by atoms with Crippen LogP contribution in [0.4, 0.5) is 5.82 Å². The first-order valence-corrected chi connectivity index (χ1v) is 5.92. The van der Waals surface area contributed by atoms with Crippen LogP contribution in [0.1, 0.15) is 26.2 Å². The maximum Gasteiger partial charge on any atom is 0.127 e. The Morgan fingerprint density at radius 3 is 2.93 bits per heavy atom. The Labute approximate surface area is 93.3 Å². The Morgan fingerprint density at radius 1 is 1.43 bits per heavy atom. The molecule has 0 radical (unpaired) electrons. The third-order valence-corrected chi connectivity index (χ3v) is 3.20. The van der Waals surface area contributed by atoms with Gasteiger partial charge in [0, 0.05) is 6.04 Å². The summed E-state index contributed by atoms with van der Waals surface area (Å²) in [5.41, 5.74) is 0. The van der Waals surface area contributed by atoms with Crippen molar-refractivity contribution in [2.24, 2.45) is 5.92 Å². The first-order valence-electron chi connectivity index (χ1n) is 5.13. The first kappa shape index (κ1) is 9.97. The van der Waals surface area contributed by atoms with Crippen molar-refractivity contribution in [2.75, 3.05) is 5.32 Å². The van der Waals surface area contributed by atoms with E-state index in [1.165, 1.54) is 19.3 Å². The lowest BCUT2D eigenvalue weighted by Crippen LogP contribution is -2.16. The number of nitrogens with zero attached hydrogens (tertiary/aromatic N) is 1. The van der Waals surface area contributed by atoms with Crippen molar-refractivity contribution in [3.8, 4) is 0 Å². The van der Waals surface area contributed by atoms with Crippen LogP contribution in [0, 0.1) is 5.92 Å². The molecule has 2 nitrogen and oxygen atoms in total. The van der Waals surface area contributed by atoms with E-state index in [0.717, 1.165) is 16.3 Å². The van der Waals surface area contributed by atoms with Gasteiger partial charge < -0.3 is 5.32 Å². The number of aromatic nitrogens is 1. The van der Waals surface area contributed by atoms with E-state index in [9.17, 15) is 0 Å². The van der Waals surface area contributed by atoms with Crippen LogP contribution in [0.2, 0.25) is 0 Å². The summed E-state index contributed by atoms with van der Waals surface area (Å²) < 4.78 is 0.897. The minimum absolute atomic E-state index is 0.617. The van der Waals surface area contributed by atoms with Gasteiger partial charge in [-0.05, 0) is 53.2 Å². The molecular weight excluding hydrogens is 240 g/mol. The van der Waals surface area contributed by atoms with Crippen molar-refractivity contribution >= 4 is 21.7 Å². The standard InChI is InChI=1S/C11H15BrN2/c1-8-5-6-9(7-8)13-11-4-2-3-10(12)14-11/h2-4,8-9H,5-7H2,1H3,(H,13,14). The summed E-state index contributed by atoms with van der Waals surface area (Å²) in [6.07, 6.45) is 3.88. The lowest BCUT2D eigenvalue weighted by molar-refractivity contribution is 0.602. The van der Waals surface area contributed by atoms with Crippen molar-refractivity contribution in [3.05, 3.63) is 22.8 Å². The largest absolute Gasteiger partial charge is 0.367 e. The van der Waals surface area contributed by atoms with E-state index in [2.05, 4.69) is 33.2 Å². The molecule has 2 rings (SSSR count). The topological polar surface area (TPSA) is 24.9 Å². The summed E-state index contributed by atoms with van der Waals surface area (Å²) >= 11 is 3.37. The van der Waals surface area contributed by atoms with Crippen LogP contribution in [-0.4, -0.2) is 11.0 Å². The fourth-order valence-corrected chi connectivity index (χ4v) is 2.38. The summed E-state index contributed by atoms with van der Waals surface area (Å²) in [7, 11) is 0. The molecule has 1 aromatic heterocycles. The molecule has 1 aromatic rings. The molecule has 1 aliphatic rings. The number of halogens is 1. The molecule has 0 aromatic carbocycles. The zero-order valence-electron chi connectivity index (χ0n) is 8.33. The van der Waals surface area contributed by atoms with Crippen LogP contribution < -0.4 is 5.32 Å². The van der Waals surface area contributed by atoms with Crippen LogP contribution in [0.3, 0.4) is 0 Å². The second-order valence-electron chi connectivity index (χ2n) is 4.11. The molecule has 0 saturated heterocycles. The van der Waals surface area contributed by atoms with Gasteiger partial charge in [0.2, 0.25) is 0 Å².